The molecule has 11 nitrogen and oxygen atoms in total. The first-order valence-electron chi connectivity index (χ1n) is 12.6. The third-order valence-corrected chi connectivity index (χ3v) is 7.21. The Bertz CT molecular complexity index is 1920. The summed E-state index contributed by atoms with van der Waals surface area (Å²) in [4.78, 5) is 56.4. The Hall–Kier alpha value is -5.13. The molecule has 0 saturated heterocycles. The van der Waals surface area contributed by atoms with E-state index >= 15 is 0 Å². The molecule has 0 spiro atoms. The quantitative estimate of drug-likeness (QED) is 0.279. The largest absolute Gasteiger partial charge is 0.417 e. The van der Waals surface area contributed by atoms with Crippen molar-refractivity contribution < 1.29 is 23.2 Å². The van der Waals surface area contributed by atoms with Gasteiger partial charge in [-0.15, -0.1) is 0 Å². The fraction of sp³-hybridized carbons (Fsp3) is 0.214. The predicted octanol–water partition coefficient (Wildman–Crippen LogP) is 3.16. The summed E-state index contributed by atoms with van der Waals surface area (Å²) in [6, 6.07) is 9.50. The van der Waals surface area contributed by atoms with E-state index < -0.39 is 23.4 Å². The van der Waals surface area contributed by atoms with Gasteiger partial charge in [0, 0.05) is 18.2 Å². The average Bonchev–Trinajstić information content (AvgIpc) is 3.62. The maximum absolute atomic E-state index is 14.5. The van der Waals surface area contributed by atoms with Crippen LogP contribution >= 0.6 is 0 Å². The summed E-state index contributed by atoms with van der Waals surface area (Å²) in [5, 5.41) is 9.61. The van der Waals surface area contributed by atoms with Crippen molar-refractivity contribution in [1.29, 1.82) is 0 Å². The van der Waals surface area contributed by atoms with E-state index in [2.05, 4.69) is 25.7 Å². The molecule has 1 atom stereocenters. The molecule has 0 bridgehead atoms. The molecule has 40 heavy (non-hydrogen) atoms. The Labute approximate surface area is 225 Å². The number of nitrogens with one attached hydrogen (secondary N) is 3. The van der Waals surface area contributed by atoms with Crippen molar-refractivity contribution >= 4 is 34.3 Å². The van der Waals surface area contributed by atoms with Crippen molar-refractivity contribution in [1.82, 2.24) is 30.2 Å². The molecule has 0 aliphatic heterocycles. The van der Waals surface area contributed by atoms with Crippen LogP contribution in [0.2, 0.25) is 0 Å². The van der Waals surface area contributed by atoms with Crippen molar-refractivity contribution in [3.05, 3.63) is 98.2 Å². The van der Waals surface area contributed by atoms with Gasteiger partial charge in [-0.25, -0.2) is 18.7 Å². The van der Waals surface area contributed by atoms with Gasteiger partial charge in [0.2, 0.25) is 0 Å². The Kier molecular flexibility index (Phi) is 6.01. The van der Waals surface area contributed by atoms with Gasteiger partial charge in [-0.2, -0.15) is 5.10 Å². The second kappa shape index (κ2) is 9.56. The zero-order valence-electron chi connectivity index (χ0n) is 21.5. The Morgan fingerprint density at radius 2 is 2.00 bits per heavy atom. The number of aromatic nitrogens is 4. The number of benzene rings is 2. The number of Topliss-reactive ketones (excluding diaryl/α,β-unsaturated/α-hetero) is 1. The van der Waals surface area contributed by atoms with Crippen LogP contribution in [-0.2, 0) is 13.0 Å². The molecule has 3 N–H and O–H groups in total. The maximum Gasteiger partial charge on any atom is 0.417 e. The van der Waals surface area contributed by atoms with Crippen LogP contribution in [0.1, 0.15) is 73.0 Å². The third-order valence-electron chi connectivity index (χ3n) is 7.21. The van der Waals surface area contributed by atoms with E-state index in [1.54, 1.807) is 24.3 Å². The minimum Gasteiger partial charge on any atom is -0.408 e. The Morgan fingerprint density at radius 1 is 1.18 bits per heavy atom. The summed E-state index contributed by atoms with van der Waals surface area (Å²) in [5.74, 6) is -2.56. The number of amides is 2. The molecule has 3 aromatic heterocycles. The first-order chi connectivity index (χ1) is 19.2. The summed E-state index contributed by atoms with van der Waals surface area (Å²) in [7, 11) is 0. The van der Waals surface area contributed by atoms with Gasteiger partial charge >= 0.3 is 5.76 Å². The second-order valence-electron chi connectivity index (χ2n) is 9.71. The lowest BCUT2D eigenvalue weighted by Crippen LogP contribution is -2.30. The highest BCUT2D eigenvalue weighted by Gasteiger charge is 2.29. The number of hydrogen-bond acceptors (Lipinski definition) is 7. The molecule has 0 radical (unpaired) electrons. The molecule has 5 aromatic rings. The molecular formula is C28H23FN6O5. The van der Waals surface area contributed by atoms with Crippen molar-refractivity contribution in [2.24, 2.45) is 0 Å². The fourth-order valence-corrected chi connectivity index (χ4v) is 5.24. The number of oxazole rings is 1. The van der Waals surface area contributed by atoms with Gasteiger partial charge in [-0.05, 0) is 61.1 Å². The molecule has 1 aliphatic carbocycles. The number of rotatable bonds is 6. The van der Waals surface area contributed by atoms with Gasteiger partial charge in [-0.3, -0.25) is 19.4 Å². The maximum atomic E-state index is 14.5. The molecule has 202 valence electrons. The molecule has 2 aromatic carbocycles. The average molecular weight is 543 g/mol. The van der Waals surface area contributed by atoms with Crippen molar-refractivity contribution in [2.75, 3.05) is 0 Å². The SMILES string of the molecule is CC(=O)c1ccc2c(c1C)CC[C@@H]2NC(=O)c1cc(C(=O)NCc2ccc3oc(=O)[nH]c3c2)nc2c(F)cnn12. The smallest absolute Gasteiger partial charge is 0.408 e. The van der Waals surface area contributed by atoms with Gasteiger partial charge in [0.15, 0.2) is 22.8 Å². The van der Waals surface area contributed by atoms with Crippen molar-refractivity contribution in [2.45, 2.75) is 39.3 Å². The molecule has 1 aliphatic rings. The summed E-state index contributed by atoms with van der Waals surface area (Å²) >= 11 is 0. The summed E-state index contributed by atoms with van der Waals surface area (Å²) in [6.45, 7) is 3.50. The minimum atomic E-state index is -0.781. The van der Waals surface area contributed by atoms with E-state index in [1.807, 2.05) is 13.0 Å². The highest BCUT2D eigenvalue weighted by atomic mass is 19.1. The number of hydrogen-bond donors (Lipinski definition) is 3. The molecule has 2 amide bonds. The van der Waals surface area contributed by atoms with Gasteiger partial charge < -0.3 is 15.1 Å². The van der Waals surface area contributed by atoms with Crippen molar-refractivity contribution in [3.8, 4) is 0 Å². The van der Waals surface area contributed by atoms with Crippen LogP contribution in [0.3, 0.4) is 0 Å². The van der Waals surface area contributed by atoms with Gasteiger partial charge in [0.25, 0.3) is 11.8 Å². The number of ketones is 1. The number of nitrogens with zero attached hydrogens (tertiary/aromatic N) is 3. The zero-order valence-corrected chi connectivity index (χ0v) is 21.5. The van der Waals surface area contributed by atoms with Crippen LogP contribution in [0.25, 0.3) is 16.7 Å². The molecule has 3 heterocycles. The van der Waals surface area contributed by atoms with Crippen LogP contribution in [0.4, 0.5) is 4.39 Å². The predicted molar refractivity (Wildman–Crippen MR) is 141 cm³/mol. The van der Waals surface area contributed by atoms with E-state index in [1.165, 1.54) is 13.0 Å². The zero-order chi connectivity index (χ0) is 28.1. The first-order valence-corrected chi connectivity index (χ1v) is 12.6. The molecule has 6 rings (SSSR count). The highest BCUT2D eigenvalue weighted by Crippen LogP contribution is 2.35. The van der Waals surface area contributed by atoms with E-state index in [-0.39, 0.29) is 35.4 Å². The molecule has 0 saturated carbocycles. The summed E-state index contributed by atoms with van der Waals surface area (Å²) < 4.78 is 20.6. The normalized spacial score (nSPS) is 14.4. The van der Waals surface area contributed by atoms with Gasteiger partial charge in [-0.1, -0.05) is 18.2 Å². The van der Waals surface area contributed by atoms with E-state index in [0.717, 1.165) is 27.4 Å². The fourth-order valence-electron chi connectivity index (χ4n) is 5.24. The topological polar surface area (TPSA) is 151 Å². The van der Waals surface area contributed by atoms with Gasteiger partial charge in [0.05, 0.1) is 17.8 Å². The monoisotopic (exact) mass is 542 g/mol. The lowest BCUT2D eigenvalue weighted by atomic mass is 9.96. The van der Waals surface area contributed by atoms with Crippen molar-refractivity contribution in [3.63, 3.8) is 0 Å². The standard InChI is InChI=1S/C28H23FN6O5/c1-13-16(14(2)36)4-5-18-17(13)6-7-20(18)33-27(38)23-10-22(32-25-19(29)12-31-35(23)25)26(37)30-11-15-3-8-24-21(9-15)34-28(39)40-24/h3-5,8-10,12,20H,6-7,11H2,1-2H3,(H,30,37)(H,33,38)(H,34,39)/t20-/m0/s1. The Balaban J connectivity index is 1.25. The van der Waals surface area contributed by atoms with Crippen LogP contribution < -0.4 is 16.4 Å². The number of fused-ring (bicyclic) bond motifs is 3. The number of H-pyrrole nitrogens is 1. The second-order valence-corrected chi connectivity index (χ2v) is 9.71. The highest BCUT2D eigenvalue weighted by molar-refractivity contribution is 5.99. The molecule has 0 fully saturated rings. The molecular weight excluding hydrogens is 519 g/mol. The van der Waals surface area contributed by atoms with Crippen LogP contribution in [0.5, 0.6) is 0 Å². The minimum absolute atomic E-state index is 0.0181. The van der Waals surface area contributed by atoms with Gasteiger partial charge in [0.1, 0.15) is 11.4 Å². The van der Waals surface area contributed by atoms with E-state index in [4.69, 9.17) is 4.42 Å². The van der Waals surface area contributed by atoms with Crippen LogP contribution in [0, 0.1) is 12.7 Å². The number of carbonyl (C=O) groups excluding carboxylic acids is 3. The van der Waals surface area contributed by atoms with Crippen LogP contribution in [0.15, 0.2) is 51.8 Å². The lowest BCUT2D eigenvalue weighted by molar-refractivity contribution is 0.0927. The third kappa shape index (κ3) is 4.32. The first kappa shape index (κ1) is 25.2. The van der Waals surface area contributed by atoms with E-state index in [0.29, 0.717) is 35.1 Å². The van der Waals surface area contributed by atoms with E-state index in [9.17, 15) is 23.6 Å². The number of aromatic amines is 1. The lowest BCUT2D eigenvalue weighted by Gasteiger charge is -2.16. The number of carbonyl (C=O) groups is 3. The summed E-state index contributed by atoms with van der Waals surface area (Å²) in [6.07, 6.45) is 2.26. The molecule has 0 unspecified atom stereocenters. The van der Waals surface area contributed by atoms with Crippen LogP contribution in [-0.4, -0.2) is 37.2 Å². The number of halogens is 1. The molecule has 12 heteroatoms. The summed E-state index contributed by atoms with van der Waals surface area (Å²) in [5.41, 5.74) is 4.57. The Morgan fingerprint density at radius 3 is 2.80 bits per heavy atom.